The molecule has 0 radical (unpaired) electrons. The highest BCUT2D eigenvalue weighted by Gasteiger charge is 2.20. The van der Waals surface area contributed by atoms with E-state index < -0.39 is 10.1 Å². The summed E-state index contributed by atoms with van der Waals surface area (Å²) in [4.78, 5) is 11.5. The number of benzene rings is 2. The minimum atomic E-state index is -4.06. The van der Waals surface area contributed by atoms with Crippen LogP contribution in [-0.4, -0.2) is 14.2 Å². The van der Waals surface area contributed by atoms with Crippen LogP contribution >= 0.6 is 27.5 Å². The molecule has 0 fully saturated rings. The quantitative estimate of drug-likeness (QED) is 0.584. The van der Waals surface area contributed by atoms with Gasteiger partial charge in [-0.25, -0.2) is 0 Å². The fraction of sp³-hybridized carbons (Fsp3) is 0.0714. The third-order valence-corrected chi connectivity index (χ3v) is 4.56. The zero-order valence-electron chi connectivity index (χ0n) is 10.8. The van der Waals surface area contributed by atoms with Crippen LogP contribution in [0.15, 0.2) is 51.8 Å². The second-order valence-electron chi connectivity index (χ2n) is 4.19. The van der Waals surface area contributed by atoms with Gasteiger partial charge in [0.2, 0.25) is 0 Å². The van der Waals surface area contributed by atoms with Gasteiger partial charge < -0.3 is 4.18 Å². The van der Waals surface area contributed by atoms with Crippen molar-refractivity contribution in [2.24, 2.45) is 0 Å². The van der Waals surface area contributed by atoms with E-state index in [1.807, 2.05) is 0 Å². The molecule has 0 atom stereocenters. The topological polar surface area (TPSA) is 60.4 Å². The van der Waals surface area contributed by atoms with Gasteiger partial charge in [0.15, 0.2) is 11.5 Å². The molecule has 0 bridgehead atoms. The largest absolute Gasteiger partial charge is 0.378 e. The molecule has 0 aliphatic carbocycles. The first-order valence-corrected chi connectivity index (χ1v) is 8.38. The summed E-state index contributed by atoms with van der Waals surface area (Å²) in [6, 6.07) is 10.2. The zero-order chi connectivity index (χ0) is 15.6. The highest BCUT2D eigenvalue weighted by Crippen LogP contribution is 2.27. The third-order valence-electron chi connectivity index (χ3n) is 2.61. The molecule has 0 aromatic heterocycles. The Kier molecular flexibility index (Phi) is 4.70. The Morgan fingerprint density at radius 3 is 2.52 bits per heavy atom. The Hall–Kier alpha value is -1.37. The van der Waals surface area contributed by atoms with Gasteiger partial charge in [0.05, 0.1) is 5.56 Å². The first kappa shape index (κ1) is 16.0. The molecular formula is C14H10BrClO4S. The van der Waals surface area contributed by atoms with E-state index in [2.05, 4.69) is 15.9 Å². The molecule has 2 rings (SSSR count). The van der Waals surface area contributed by atoms with E-state index in [1.54, 1.807) is 12.1 Å². The number of hydrogen-bond acceptors (Lipinski definition) is 4. The van der Waals surface area contributed by atoms with Crippen LogP contribution in [0.3, 0.4) is 0 Å². The number of ketones is 1. The van der Waals surface area contributed by atoms with E-state index in [-0.39, 0.29) is 27.0 Å². The summed E-state index contributed by atoms with van der Waals surface area (Å²) in [5.41, 5.74) is 0.176. The number of halogens is 2. The molecule has 110 valence electrons. The highest BCUT2D eigenvalue weighted by atomic mass is 79.9. The molecule has 2 aromatic rings. The number of carbonyl (C=O) groups excluding carboxylic acids is 1. The van der Waals surface area contributed by atoms with E-state index in [0.717, 1.165) is 0 Å². The van der Waals surface area contributed by atoms with E-state index >= 15 is 0 Å². The van der Waals surface area contributed by atoms with Gasteiger partial charge in [0.25, 0.3) is 0 Å². The molecule has 4 nitrogen and oxygen atoms in total. The van der Waals surface area contributed by atoms with E-state index in [9.17, 15) is 13.2 Å². The van der Waals surface area contributed by atoms with E-state index in [0.29, 0.717) is 4.47 Å². The second kappa shape index (κ2) is 6.17. The number of carbonyl (C=O) groups is 1. The molecule has 7 heteroatoms. The summed E-state index contributed by atoms with van der Waals surface area (Å²) >= 11 is 9.00. The van der Waals surface area contributed by atoms with Gasteiger partial charge >= 0.3 is 10.1 Å². The van der Waals surface area contributed by atoms with Crippen molar-refractivity contribution in [3.63, 3.8) is 0 Å². The lowest BCUT2D eigenvalue weighted by molar-refractivity contribution is 0.101. The summed E-state index contributed by atoms with van der Waals surface area (Å²) in [5, 5.41) is 0.280. The number of Topliss-reactive ketones (excluding diaryl/α,β-unsaturated/α-hetero) is 1. The molecule has 0 aliphatic rings. The maximum Gasteiger partial charge on any atom is 0.339 e. The molecule has 0 amide bonds. The van der Waals surface area contributed by atoms with Crippen LogP contribution in [0.4, 0.5) is 0 Å². The molecule has 0 saturated carbocycles. The number of hydrogen-bond donors (Lipinski definition) is 0. The van der Waals surface area contributed by atoms with Gasteiger partial charge in [-0.05, 0) is 43.3 Å². The van der Waals surface area contributed by atoms with Crippen LogP contribution < -0.4 is 4.18 Å². The lowest BCUT2D eigenvalue weighted by Gasteiger charge is -2.10. The predicted molar refractivity (Wildman–Crippen MR) is 83.4 cm³/mol. The summed E-state index contributed by atoms with van der Waals surface area (Å²) in [6.45, 7) is 1.33. The average molecular weight is 390 g/mol. The van der Waals surface area contributed by atoms with Gasteiger partial charge in [-0.2, -0.15) is 8.42 Å². The number of rotatable bonds is 4. The molecule has 21 heavy (non-hydrogen) atoms. The van der Waals surface area contributed by atoms with Crippen LogP contribution in [0.5, 0.6) is 5.75 Å². The molecule has 0 saturated heterocycles. The molecule has 0 heterocycles. The van der Waals surface area contributed by atoms with Crippen molar-refractivity contribution in [3.8, 4) is 5.75 Å². The molecule has 0 aliphatic heterocycles. The first-order chi connectivity index (χ1) is 9.79. The van der Waals surface area contributed by atoms with Crippen molar-refractivity contribution in [1.82, 2.24) is 0 Å². The van der Waals surface area contributed by atoms with Gasteiger partial charge in [0.1, 0.15) is 4.90 Å². The van der Waals surface area contributed by atoms with Gasteiger partial charge in [-0.15, -0.1) is 0 Å². The summed E-state index contributed by atoms with van der Waals surface area (Å²) in [6.07, 6.45) is 0. The lowest BCUT2D eigenvalue weighted by atomic mass is 10.1. The normalized spacial score (nSPS) is 11.2. The highest BCUT2D eigenvalue weighted by molar-refractivity contribution is 9.10. The second-order valence-corrected chi connectivity index (χ2v) is 7.09. The van der Waals surface area contributed by atoms with E-state index in [4.69, 9.17) is 15.8 Å². The zero-order valence-corrected chi connectivity index (χ0v) is 14.0. The van der Waals surface area contributed by atoms with Crippen molar-refractivity contribution in [1.29, 1.82) is 0 Å². The van der Waals surface area contributed by atoms with Gasteiger partial charge in [-0.1, -0.05) is 33.6 Å². The van der Waals surface area contributed by atoms with E-state index in [1.165, 1.54) is 37.3 Å². The van der Waals surface area contributed by atoms with Crippen molar-refractivity contribution >= 4 is 43.4 Å². The van der Waals surface area contributed by atoms with Gasteiger partial charge in [0, 0.05) is 9.50 Å². The predicted octanol–water partition coefficient (Wildman–Crippen LogP) is 4.07. The Balaban J connectivity index is 2.44. The van der Waals surface area contributed by atoms with Crippen LogP contribution in [-0.2, 0) is 10.1 Å². The summed E-state index contributed by atoms with van der Waals surface area (Å²) < 4.78 is 30.1. The Labute approximate surface area is 135 Å². The maximum atomic E-state index is 12.2. The summed E-state index contributed by atoms with van der Waals surface area (Å²) in [5.74, 6) is -0.321. The third kappa shape index (κ3) is 3.84. The van der Waals surface area contributed by atoms with Crippen molar-refractivity contribution in [2.75, 3.05) is 0 Å². The molecule has 2 aromatic carbocycles. The standard InChI is InChI=1S/C14H10BrClO4S/c1-9(17)13-7-10(15)5-6-14(13)20-21(18,19)12-4-2-3-11(16)8-12/h2-8H,1H3. The smallest absolute Gasteiger partial charge is 0.339 e. The monoisotopic (exact) mass is 388 g/mol. The fourth-order valence-corrected chi connectivity index (χ4v) is 3.25. The van der Waals surface area contributed by atoms with Gasteiger partial charge in [-0.3, -0.25) is 4.79 Å². The first-order valence-electron chi connectivity index (χ1n) is 5.80. The van der Waals surface area contributed by atoms with Crippen LogP contribution in [0.1, 0.15) is 17.3 Å². The Morgan fingerprint density at radius 2 is 1.90 bits per heavy atom. The summed E-state index contributed by atoms with van der Waals surface area (Å²) in [7, 11) is -4.06. The van der Waals surface area contributed by atoms with Crippen molar-refractivity contribution < 1.29 is 17.4 Å². The van der Waals surface area contributed by atoms with Crippen LogP contribution in [0, 0.1) is 0 Å². The van der Waals surface area contributed by atoms with Crippen molar-refractivity contribution in [2.45, 2.75) is 11.8 Å². The minimum absolute atomic E-state index is 0.0225. The van der Waals surface area contributed by atoms with Crippen LogP contribution in [0.25, 0.3) is 0 Å². The fourth-order valence-electron chi connectivity index (χ4n) is 1.64. The molecule has 0 spiro atoms. The SMILES string of the molecule is CC(=O)c1cc(Br)ccc1OS(=O)(=O)c1cccc(Cl)c1. The Bertz CT molecular complexity index is 802. The minimum Gasteiger partial charge on any atom is -0.378 e. The molecule has 0 unspecified atom stereocenters. The Morgan fingerprint density at radius 1 is 1.19 bits per heavy atom. The maximum absolute atomic E-state index is 12.2. The lowest BCUT2D eigenvalue weighted by Crippen LogP contribution is -2.12. The van der Waals surface area contributed by atoms with Crippen molar-refractivity contribution in [3.05, 3.63) is 57.5 Å². The average Bonchev–Trinajstić information content (AvgIpc) is 2.40. The molecular weight excluding hydrogens is 380 g/mol. The van der Waals surface area contributed by atoms with Crippen LogP contribution in [0.2, 0.25) is 5.02 Å². The molecule has 0 N–H and O–H groups in total.